The molecule has 1 aliphatic rings. The topological polar surface area (TPSA) is 41.1 Å². The van der Waals surface area contributed by atoms with Crippen LogP contribution in [-0.2, 0) is 0 Å². The largest absolute Gasteiger partial charge is 0.334 e. The van der Waals surface area contributed by atoms with E-state index in [1.807, 2.05) is 0 Å². The minimum absolute atomic E-state index is 0.0376. The number of carbonyl (C=O) groups is 1. The summed E-state index contributed by atoms with van der Waals surface area (Å²) in [5.74, 6) is -1.49. The molecular formula is C16H13ClF2N2O. The molecule has 0 unspecified atom stereocenters. The Morgan fingerprint density at radius 2 is 1.82 bits per heavy atom. The number of rotatable bonds is 3. The van der Waals surface area contributed by atoms with Crippen LogP contribution in [0.1, 0.15) is 17.9 Å². The number of carbonyl (C=O) groups excluding carboxylic acids is 1. The number of anilines is 1. The number of urea groups is 1. The second-order valence-electron chi connectivity index (χ2n) is 5.19. The fourth-order valence-electron chi connectivity index (χ4n) is 2.44. The lowest BCUT2D eigenvalue weighted by Gasteiger charge is -2.08. The predicted octanol–water partition coefficient (Wildman–Crippen LogP) is 4.30. The van der Waals surface area contributed by atoms with Gasteiger partial charge in [-0.2, -0.15) is 0 Å². The molecule has 0 radical (unpaired) electrons. The van der Waals surface area contributed by atoms with Crippen LogP contribution in [0.3, 0.4) is 0 Å². The van der Waals surface area contributed by atoms with E-state index >= 15 is 0 Å². The predicted molar refractivity (Wildman–Crippen MR) is 81.1 cm³/mol. The van der Waals surface area contributed by atoms with E-state index in [1.54, 1.807) is 24.3 Å². The molecule has 2 N–H and O–H groups in total. The third-order valence-electron chi connectivity index (χ3n) is 3.56. The summed E-state index contributed by atoms with van der Waals surface area (Å²) >= 11 is 5.83. The molecule has 2 aromatic rings. The molecule has 1 fully saturated rings. The van der Waals surface area contributed by atoms with Crippen LogP contribution < -0.4 is 10.6 Å². The lowest BCUT2D eigenvalue weighted by Crippen LogP contribution is -2.31. The smallest absolute Gasteiger partial charge is 0.319 e. The van der Waals surface area contributed by atoms with Gasteiger partial charge >= 0.3 is 6.03 Å². The maximum absolute atomic E-state index is 13.7. The second kappa shape index (κ2) is 5.93. The quantitative estimate of drug-likeness (QED) is 0.869. The van der Waals surface area contributed by atoms with Crippen molar-refractivity contribution >= 4 is 23.3 Å². The van der Waals surface area contributed by atoms with Crippen molar-refractivity contribution in [3.8, 4) is 0 Å². The van der Waals surface area contributed by atoms with Crippen molar-refractivity contribution < 1.29 is 13.6 Å². The van der Waals surface area contributed by atoms with Gasteiger partial charge in [0.05, 0.1) is 0 Å². The molecule has 0 heterocycles. The highest BCUT2D eigenvalue weighted by atomic mass is 35.5. The van der Waals surface area contributed by atoms with E-state index in [-0.39, 0.29) is 17.5 Å². The van der Waals surface area contributed by atoms with Gasteiger partial charge in [0.25, 0.3) is 0 Å². The Balaban J connectivity index is 1.60. The molecule has 1 aliphatic carbocycles. The van der Waals surface area contributed by atoms with Crippen molar-refractivity contribution in [1.29, 1.82) is 0 Å². The molecule has 3 nitrogen and oxygen atoms in total. The van der Waals surface area contributed by atoms with Gasteiger partial charge in [-0.05, 0) is 36.8 Å². The average Bonchev–Trinajstić information content (AvgIpc) is 3.17. The summed E-state index contributed by atoms with van der Waals surface area (Å²) in [5.41, 5.74) is 0.592. The third-order valence-corrected chi connectivity index (χ3v) is 3.80. The summed E-state index contributed by atoms with van der Waals surface area (Å²) in [6, 6.07) is 9.80. The molecule has 2 aromatic carbocycles. The summed E-state index contributed by atoms with van der Waals surface area (Å²) in [5, 5.41) is 5.84. The molecule has 1 saturated carbocycles. The molecule has 114 valence electrons. The molecule has 0 aliphatic heterocycles. The van der Waals surface area contributed by atoms with Crippen LogP contribution >= 0.6 is 11.6 Å². The molecule has 0 spiro atoms. The SMILES string of the molecule is O=C(Nc1cccc(Cl)c1)N[C@H]1C[C@H]1c1c(F)cccc1F. The summed E-state index contributed by atoms with van der Waals surface area (Å²) in [6.07, 6.45) is 0.515. The van der Waals surface area contributed by atoms with E-state index in [9.17, 15) is 13.6 Å². The maximum Gasteiger partial charge on any atom is 0.319 e. The van der Waals surface area contributed by atoms with Crippen molar-refractivity contribution in [3.63, 3.8) is 0 Å². The fraction of sp³-hybridized carbons (Fsp3) is 0.188. The van der Waals surface area contributed by atoms with Crippen molar-refractivity contribution in [2.24, 2.45) is 0 Å². The zero-order valence-corrected chi connectivity index (χ0v) is 12.2. The van der Waals surface area contributed by atoms with Crippen LogP contribution in [0.2, 0.25) is 5.02 Å². The lowest BCUT2D eigenvalue weighted by atomic mass is 10.1. The summed E-state index contributed by atoms with van der Waals surface area (Å²) in [4.78, 5) is 11.9. The number of hydrogen-bond donors (Lipinski definition) is 2. The Hall–Kier alpha value is -2.14. The first-order chi connectivity index (χ1) is 10.5. The van der Waals surface area contributed by atoms with Crippen molar-refractivity contribution in [2.75, 3.05) is 5.32 Å². The van der Waals surface area contributed by atoms with Gasteiger partial charge < -0.3 is 10.6 Å². The van der Waals surface area contributed by atoms with Crippen LogP contribution in [0.25, 0.3) is 0 Å². The van der Waals surface area contributed by atoms with E-state index in [2.05, 4.69) is 10.6 Å². The minimum Gasteiger partial charge on any atom is -0.334 e. The van der Waals surface area contributed by atoms with Gasteiger partial charge in [-0.3, -0.25) is 0 Å². The molecule has 22 heavy (non-hydrogen) atoms. The van der Waals surface area contributed by atoms with Crippen molar-refractivity contribution in [3.05, 3.63) is 64.7 Å². The Morgan fingerprint density at radius 3 is 2.50 bits per heavy atom. The summed E-state index contributed by atoms with van der Waals surface area (Å²) in [6.45, 7) is 0. The molecule has 0 saturated heterocycles. The van der Waals surface area contributed by atoms with Gasteiger partial charge in [0.1, 0.15) is 11.6 Å². The zero-order chi connectivity index (χ0) is 15.7. The molecule has 6 heteroatoms. The van der Waals surface area contributed by atoms with E-state index in [0.29, 0.717) is 17.1 Å². The second-order valence-corrected chi connectivity index (χ2v) is 5.63. The molecule has 0 aromatic heterocycles. The van der Waals surface area contributed by atoms with Gasteiger partial charge in [-0.1, -0.05) is 23.7 Å². The standard InChI is InChI=1S/C16H13ClF2N2O/c17-9-3-1-4-10(7-9)20-16(22)21-14-8-11(14)15-12(18)5-2-6-13(15)19/h1-7,11,14H,8H2,(H2,20,21,22)/t11-,14+/m1/s1. The highest BCUT2D eigenvalue weighted by Crippen LogP contribution is 2.43. The highest BCUT2D eigenvalue weighted by molar-refractivity contribution is 6.30. The molecule has 3 rings (SSSR count). The van der Waals surface area contributed by atoms with Gasteiger partial charge in [0.15, 0.2) is 0 Å². The van der Waals surface area contributed by atoms with E-state index < -0.39 is 17.7 Å². The number of benzene rings is 2. The molecular weight excluding hydrogens is 310 g/mol. The number of halogens is 3. The summed E-state index contributed by atoms with van der Waals surface area (Å²) in [7, 11) is 0. The number of hydrogen-bond acceptors (Lipinski definition) is 1. The van der Waals surface area contributed by atoms with Crippen LogP contribution in [-0.4, -0.2) is 12.1 Å². The van der Waals surface area contributed by atoms with Crippen LogP contribution in [0.4, 0.5) is 19.3 Å². The van der Waals surface area contributed by atoms with E-state index in [4.69, 9.17) is 11.6 Å². The number of amides is 2. The van der Waals surface area contributed by atoms with Gasteiger partial charge in [-0.25, -0.2) is 13.6 Å². The van der Waals surface area contributed by atoms with Gasteiger partial charge in [0.2, 0.25) is 0 Å². The Morgan fingerprint density at radius 1 is 1.14 bits per heavy atom. The van der Waals surface area contributed by atoms with Gasteiger partial charge in [-0.15, -0.1) is 0 Å². The van der Waals surface area contributed by atoms with Crippen LogP contribution in [0.15, 0.2) is 42.5 Å². The lowest BCUT2D eigenvalue weighted by molar-refractivity contribution is 0.251. The highest BCUT2D eigenvalue weighted by Gasteiger charge is 2.42. The van der Waals surface area contributed by atoms with Crippen LogP contribution in [0, 0.1) is 11.6 Å². The monoisotopic (exact) mass is 322 g/mol. The number of nitrogens with one attached hydrogen (secondary N) is 2. The Labute approximate surface area is 131 Å². The van der Waals surface area contributed by atoms with Crippen molar-refractivity contribution in [2.45, 2.75) is 18.4 Å². The normalized spacial score (nSPS) is 19.6. The molecule has 2 amide bonds. The molecule has 0 bridgehead atoms. The Kier molecular flexibility index (Phi) is 3.98. The Bertz CT molecular complexity index is 703. The van der Waals surface area contributed by atoms with Crippen LogP contribution in [0.5, 0.6) is 0 Å². The average molecular weight is 323 g/mol. The minimum atomic E-state index is -0.579. The summed E-state index contributed by atoms with van der Waals surface area (Å²) < 4.78 is 27.3. The van der Waals surface area contributed by atoms with E-state index in [0.717, 1.165) is 0 Å². The van der Waals surface area contributed by atoms with Gasteiger partial charge in [0, 0.05) is 28.2 Å². The first-order valence-electron chi connectivity index (χ1n) is 6.81. The van der Waals surface area contributed by atoms with Crippen molar-refractivity contribution in [1.82, 2.24) is 5.32 Å². The van der Waals surface area contributed by atoms with E-state index in [1.165, 1.54) is 18.2 Å². The first kappa shape index (κ1) is 14.8. The maximum atomic E-state index is 13.7. The molecule has 2 atom stereocenters. The third kappa shape index (κ3) is 3.20. The zero-order valence-electron chi connectivity index (χ0n) is 11.4. The fourth-order valence-corrected chi connectivity index (χ4v) is 2.63. The first-order valence-corrected chi connectivity index (χ1v) is 7.19.